The molecular weight excluding hydrogens is 498 g/mol. The normalized spacial score (nSPS) is 12.7. The Hall–Kier alpha value is -3.47. The first-order valence-corrected chi connectivity index (χ1v) is 13.7. The number of nitrogens with one attached hydrogen (secondary N) is 1. The van der Waals surface area contributed by atoms with Crippen LogP contribution in [0.4, 0.5) is 5.69 Å². The second-order valence-electron chi connectivity index (χ2n) is 8.67. The van der Waals surface area contributed by atoms with Gasteiger partial charge in [0.2, 0.25) is 21.8 Å². The van der Waals surface area contributed by atoms with Crippen LogP contribution in [0.1, 0.15) is 32.8 Å². The lowest BCUT2D eigenvalue weighted by Gasteiger charge is -2.32. The Morgan fingerprint density at radius 3 is 2.19 bits per heavy atom. The third-order valence-corrected chi connectivity index (χ3v) is 7.12. The quantitative estimate of drug-likeness (QED) is 0.419. The monoisotopic (exact) mass is 535 g/mol. The van der Waals surface area contributed by atoms with E-state index in [2.05, 4.69) is 5.32 Å². The molecule has 0 heterocycles. The fraction of sp³-hybridized carbons (Fsp3) is 0.462. The number of benzene rings is 2. The maximum Gasteiger partial charge on any atom is 0.244 e. The number of hydrogen-bond donors (Lipinski definition) is 1. The molecule has 0 radical (unpaired) electrons. The first-order valence-electron chi connectivity index (χ1n) is 11.9. The van der Waals surface area contributed by atoms with Crippen LogP contribution in [0.3, 0.4) is 0 Å². The molecule has 204 valence electrons. The molecule has 0 spiro atoms. The van der Waals surface area contributed by atoms with Crippen molar-refractivity contribution in [2.24, 2.45) is 0 Å². The van der Waals surface area contributed by atoms with Gasteiger partial charge in [0.1, 0.15) is 29.8 Å². The second kappa shape index (κ2) is 13.2. The maximum absolute atomic E-state index is 13.7. The minimum absolute atomic E-state index is 0.0674. The van der Waals surface area contributed by atoms with Crippen LogP contribution < -0.4 is 23.8 Å². The van der Waals surface area contributed by atoms with Gasteiger partial charge in [-0.3, -0.25) is 13.9 Å². The van der Waals surface area contributed by atoms with Gasteiger partial charge in [0.25, 0.3) is 0 Å². The smallest absolute Gasteiger partial charge is 0.244 e. The minimum Gasteiger partial charge on any atom is -0.497 e. The molecule has 0 bridgehead atoms. The van der Waals surface area contributed by atoms with Gasteiger partial charge in [-0.15, -0.1) is 0 Å². The molecule has 37 heavy (non-hydrogen) atoms. The summed E-state index contributed by atoms with van der Waals surface area (Å²) < 4.78 is 42.6. The number of carbonyl (C=O) groups excluding carboxylic acids is 2. The summed E-state index contributed by atoms with van der Waals surface area (Å²) in [6, 6.07) is 10.8. The molecular formula is C26H37N3O7S. The van der Waals surface area contributed by atoms with E-state index in [-0.39, 0.29) is 29.9 Å². The van der Waals surface area contributed by atoms with Gasteiger partial charge in [-0.25, -0.2) is 8.42 Å². The molecule has 2 atom stereocenters. The van der Waals surface area contributed by atoms with Crippen LogP contribution in [-0.4, -0.2) is 71.3 Å². The molecule has 11 heteroatoms. The number of hydrogen-bond acceptors (Lipinski definition) is 7. The number of nitrogens with zero attached hydrogens (tertiary/aromatic N) is 2. The van der Waals surface area contributed by atoms with Crippen molar-refractivity contribution in [1.29, 1.82) is 0 Å². The van der Waals surface area contributed by atoms with E-state index in [1.807, 2.05) is 19.9 Å². The topological polar surface area (TPSA) is 114 Å². The molecule has 0 unspecified atom stereocenters. The van der Waals surface area contributed by atoms with E-state index in [4.69, 9.17) is 14.2 Å². The van der Waals surface area contributed by atoms with E-state index in [9.17, 15) is 18.0 Å². The number of ether oxygens (including phenoxy) is 3. The molecule has 0 saturated heterocycles. The molecule has 0 aromatic heterocycles. The van der Waals surface area contributed by atoms with Crippen molar-refractivity contribution in [2.45, 2.75) is 45.8 Å². The molecule has 0 saturated carbocycles. The van der Waals surface area contributed by atoms with Crippen LogP contribution in [0, 0.1) is 0 Å². The van der Waals surface area contributed by atoms with Crippen LogP contribution in [-0.2, 0) is 26.2 Å². The van der Waals surface area contributed by atoms with Gasteiger partial charge < -0.3 is 24.4 Å². The highest BCUT2D eigenvalue weighted by Crippen LogP contribution is 2.34. The number of rotatable bonds is 13. The van der Waals surface area contributed by atoms with Crippen molar-refractivity contribution in [3.05, 3.63) is 48.0 Å². The van der Waals surface area contributed by atoms with E-state index in [1.54, 1.807) is 37.3 Å². The van der Waals surface area contributed by atoms with Crippen molar-refractivity contribution >= 4 is 27.5 Å². The van der Waals surface area contributed by atoms with Crippen molar-refractivity contribution in [1.82, 2.24) is 10.2 Å². The fourth-order valence-electron chi connectivity index (χ4n) is 3.60. The van der Waals surface area contributed by atoms with E-state index in [0.29, 0.717) is 11.5 Å². The van der Waals surface area contributed by atoms with E-state index < -0.39 is 28.5 Å². The molecule has 1 N–H and O–H groups in total. The van der Waals surface area contributed by atoms with E-state index in [0.717, 1.165) is 22.5 Å². The van der Waals surface area contributed by atoms with Gasteiger partial charge in [-0.2, -0.15) is 0 Å². The van der Waals surface area contributed by atoms with Crippen LogP contribution in [0.5, 0.6) is 17.2 Å². The lowest BCUT2D eigenvalue weighted by atomic mass is 10.1. The highest BCUT2D eigenvalue weighted by atomic mass is 32.2. The summed E-state index contributed by atoms with van der Waals surface area (Å²) in [7, 11) is 0.471. The summed E-state index contributed by atoms with van der Waals surface area (Å²) in [6.45, 7) is 4.96. The first-order chi connectivity index (χ1) is 17.4. The summed E-state index contributed by atoms with van der Waals surface area (Å²) >= 11 is 0. The molecule has 0 aliphatic heterocycles. The average molecular weight is 536 g/mol. The summed E-state index contributed by atoms with van der Waals surface area (Å²) in [5.41, 5.74) is 0.872. The summed E-state index contributed by atoms with van der Waals surface area (Å²) in [4.78, 5) is 28.1. The lowest BCUT2D eigenvalue weighted by molar-refractivity contribution is -0.139. The van der Waals surface area contributed by atoms with Crippen LogP contribution in [0.2, 0.25) is 0 Å². The Kier molecular flexibility index (Phi) is 10.6. The summed E-state index contributed by atoms with van der Waals surface area (Å²) in [5.74, 6) is 0.341. The van der Waals surface area contributed by atoms with Crippen molar-refractivity contribution < 1.29 is 32.2 Å². The Labute approximate surface area is 219 Å². The Balaban J connectivity index is 2.49. The number of carbonyl (C=O) groups is 2. The Morgan fingerprint density at radius 2 is 1.62 bits per heavy atom. The third kappa shape index (κ3) is 8.01. The standard InChI is InChI=1S/C26H37N3O7S/c1-8-18(2)27-26(31)19(3)28(16-20-10-9-11-21(14-20)34-4)25(30)17-29(37(7,32)33)23-15-22(35-5)12-13-24(23)36-6/h9-15,18-19H,8,16-17H2,1-7H3,(H,27,31)/t18-,19-/m0/s1. The maximum atomic E-state index is 13.7. The average Bonchev–Trinajstić information content (AvgIpc) is 2.88. The number of methoxy groups -OCH3 is 3. The Morgan fingerprint density at radius 1 is 0.973 bits per heavy atom. The molecule has 2 rings (SSSR count). The van der Waals surface area contributed by atoms with E-state index >= 15 is 0 Å². The lowest BCUT2D eigenvalue weighted by Crippen LogP contribution is -2.52. The molecule has 0 fully saturated rings. The van der Waals surface area contributed by atoms with Gasteiger partial charge in [0.05, 0.1) is 33.3 Å². The third-order valence-electron chi connectivity index (χ3n) is 5.99. The van der Waals surface area contributed by atoms with Gasteiger partial charge >= 0.3 is 0 Å². The van der Waals surface area contributed by atoms with Gasteiger partial charge in [0, 0.05) is 18.7 Å². The highest BCUT2D eigenvalue weighted by Gasteiger charge is 2.31. The van der Waals surface area contributed by atoms with Crippen molar-refractivity contribution in [2.75, 3.05) is 38.4 Å². The largest absolute Gasteiger partial charge is 0.497 e. The minimum atomic E-state index is -3.93. The van der Waals surface area contributed by atoms with Gasteiger partial charge in [-0.05, 0) is 50.1 Å². The predicted molar refractivity (Wildman–Crippen MR) is 143 cm³/mol. The molecule has 0 aliphatic rings. The van der Waals surface area contributed by atoms with Crippen LogP contribution in [0.15, 0.2) is 42.5 Å². The van der Waals surface area contributed by atoms with Crippen LogP contribution >= 0.6 is 0 Å². The molecule has 0 aliphatic carbocycles. The summed E-state index contributed by atoms with van der Waals surface area (Å²) in [5, 5.41) is 2.90. The zero-order valence-corrected chi connectivity index (χ0v) is 23.3. The SMILES string of the molecule is CC[C@H](C)NC(=O)[C@H](C)N(Cc1cccc(OC)c1)C(=O)CN(c1cc(OC)ccc1OC)S(C)(=O)=O. The first kappa shape index (κ1) is 29.8. The molecule has 10 nitrogen and oxygen atoms in total. The molecule has 2 aromatic carbocycles. The van der Waals surface area contributed by atoms with Crippen LogP contribution in [0.25, 0.3) is 0 Å². The second-order valence-corrected chi connectivity index (χ2v) is 10.6. The zero-order chi connectivity index (χ0) is 27.8. The van der Waals surface area contributed by atoms with Gasteiger partial charge in [-0.1, -0.05) is 19.1 Å². The van der Waals surface area contributed by atoms with E-state index in [1.165, 1.54) is 32.3 Å². The Bertz CT molecular complexity index is 1190. The number of amides is 2. The van der Waals surface area contributed by atoms with Crippen molar-refractivity contribution in [3.8, 4) is 17.2 Å². The van der Waals surface area contributed by atoms with Gasteiger partial charge in [0.15, 0.2) is 0 Å². The summed E-state index contributed by atoms with van der Waals surface area (Å²) in [6.07, 6.45) is 1.73. The molecule has 2 aromatic rings. The number of sulfonamides is 1. The zero-order valence-electron chi connectivity index (χ0n) is 22.5. The fourth-order valence-corrected chi connectivity index (χ4v) is 4.45. The van der Waals surface area contributed by atoms with Crippen molar-refractivity contribution in [3.63, 3.8) is 0 Å². The molecule has 2 amide bonds. The highest BCUT2D eigenvalue weighted by molar-refractivity contribution is 7.92. The number of anilines is 1. The predicted octanol–water partition coefficient (Wildman–Crippen LogP) is 2.81.